The molecule has 0 aliphatic carbocycles. The van der Waals surface area contributed by atoms with E-state index in [-0.39, 0.29) is 24.3 Å². The number of carboxylic acid groups (broad SMARTS) is 1. The molecule has 2 N–H and O–H groups in total. The summed E-state index contributed by atoms with van der Waals surface area (Å²) in [5, 5.41) is 12.7. The Morgan fingerprint density at radius 2 is 1.70 bits per heavy atom. The lowest BCUT2D eigenvalue weighted by atomic mass is 9.94. The minimum absolute atomic E-state index is 0.00469. The summed E-state index contributed by atoms with van der Waals surface area (Å²) >= 11 is 0. The molecule has 12 heteroatoms. The van der Waals surface area contributed by atoms with Crippen LogP contribution >= 0.6 is 0 Å². The van der Waals surface area contributed by atoms with E-state index in [1.165, 1.54) is 0 Å². The third-order valence-corrected chi connectivity index (χ3v) is 8.19. The van der Waals surface area contributed by atoms with E-state index in [2.05, 4.69) is 22.4 Å². The smallest absolute Gasteiger partial charge is 0.416 e. The number of fused-ring (bicyclic) bond motifs is 1. The second-order valence-corrected chi connectivity index (χ2v) is 12.9. The van der Waals surface area contributed by atoms with Crippen LogP contribution in [0, 0.1) is 26.7 Å². The normalized spacial score (nSPS) is 13.4. The van der Waals surface area contributed by atoms with Gasteiger partial charge in [-0.3, -0.25) is 18.8 Å². The molecule has 4 aromatic rings. The number of nitrogens with zero attached hydrogens (tertiary/aromatic N) is 4. The summed E-state index contributed by atoms with van der Waals surface area (Å²) in [6.45, 7) is 9.95. The van der Waals surface area contributed by atoms with Crippen LogP contribution in [-0.4, -0.2) is 56.5 Å². The number of halogens is 3. The van der Waals surface area contributed by atoms with Crippen molar-refractivity contribution in [1.29, 1.82) is 0 Å². The lowest BCUT2D eigenvalue weighted by Crippen LogP contribution is -2.40. The first-order chi connectivity index (χ1) is 22.0. The van der Waals surface area contributed by atoms with E-state index in [1.807, 2.05) is 51.3 Å². The molecule has 0 aliphatic rings. The number of imidazole rings is 1. The number of carbonyl (C=O) groups excluding carboxylic acids is 1. The number of alkyl halides is 3. The van der Waals surface area contributed by atoms with Crippen molar-refractivity contribution in [3.8, 4) is 11.3 Å². The van der Waals surface area contributed by atoms with Crippen LogP contribution in [0.3, 0.4) is 0 Å². The molecule has 0 saturated heterocycles. The predicted molar refractivity (Wildman–Crippen MR) is 174 cm³/mol. The average Bonchev–Trinajstić information content (AvgIpc) is 3.42. The molecular formula is C35H42F3N5O4. The fraction of sp³-hybridized carbons (Fsp3) is 0.429. The van der Waals surface area contributed by atoms with Gasteiger partial charge in [-0.25, -0.2) is 4.98 Å². The summed E-state index contributed by atoms with van der Waals surface area (Å²) in [7, 11) is 3.46. The molecule has 2 atom stereocenters. The van der Waals surface area contributed by atoms with E-state index >= 15 is 0 Å². The molecule has 9 nitrogen and oxygen atoms in total. The molecule has 0 saturated carbocycles. The van der Waals surface area contributed by atoms with Crippen LogP contribution in [0.5, 0.6) is 0 Å². The Labute approximate surface area is 272 Å². The number of nitrogens with one attached hydrogen (secondary N) is 1. The van der Waals surface area contributed by atoms with Crippen LogP contribution in [0.4, 0.5) is 13.2 Å². The second kappa shape index (κ2) is 14.1. The van der Waals surface area contributed by atoms with Gasteiger partial charge in [-0.05, 0) is 88.0 Å². The predicted octanol–water partition coefficient (Wildman–Crippen LogP) is 6.13. The quantitative estimate of drug-likeness (QED) is 0.191. The number of pyridine rings is 2. The molecule has 0 bridgehead atoms. The molecular weight excluding hydrogens is 611 g/mol. The second-order valence-electron chi connectivity index (χ2n) is 12.9. The van der Waals surface area contributed by atoms with E-state index in [0.717, 1.165) is 38.7 Å². The van der Waals surface area contributed by atoms with E-state index in [4.69, 9.17) is 0 Å². The summed E-state index contributed by atoms with van der Waals surface area (Å²) in [5.41, 5.74) is 3.76. The first-order valence-electron chi connectivity index (χ1n) is 15.5. The third kappa shape index (κ3) is 8.29. The van der Waals surface area contributed by atoms with Crippen LogP contribution in [0.15, 0.2) is 53.7 Å². The van der Waals surface area contributed by atoms with E-state index < -0.39 is 47.7 Å². The molecule has 3 heterocycles. The summed E-state index contributed by atoms with van der Waals surface area (Å²) in [6.07, 6.45) is -0.512. The number of hydrogen-bond acceptors (Lipinski definition) is 5. The maximum absolute atomic E-state index is 14.1. The lowest BCUT2D eigenvalue weighted by molar-refractivity contribution is -0.139. The molecule has 0 fully saturated rings. The third-order valence-electron chi connectivity index (χ3n) is 8.19. The molecule has 0 aliphatic heterocycles. The zero-order valence-electron chi connectivity index (χ0n) is 27.8. The van der Waals surface area contributed by atoms with Crippen LogP contribution in [0.25, 0.3) is 16.9 Å². The van der Waals surface area contributed by atoms with Gasteiger partial charge in [-0.2, -0.15) is 13.2 Å². The van der Waals surface area contributed by atoms with Crippen LogP contribution in [0.2, 0.25) is 0 Å². The number of rotatable bonds is 12. The Bertz CT molecular complexity index is 1820. The van der Waals surface area contributed by atoms with E-state index in [9.17, 15) is 32.7 Å². The molecule has 1 aromatic carbocycles. The molecule has 47 heavy (non-hydrogen) atoms. The number of benzene rings is 1. The van der Waals surface area contributed by atoms with Gasteiger partial charge in [0.2, 0.25) is 5.91 Å². The Morgan fingerprint density at radius 1 is 1.04 bits per heavy atom. The largest absolute Gasteiger partial charge is 0.481 e. The van der Waals surface area contributed by atoms with Crippen molar-refractivity contribution in [2.75, 3.05) is 20.6 Å². The van der Waals surface area contributed by atoms with E-state index in [1.54, 1.807) is 31.3 Å². The van der Waals surface area contributed by atoms with Gasteiger partial charge in [0, 0.05) is 36.8 Å². The van der Waals surface area contributed by atoms with Crippen LogP contribution in [-0.2, 0) is 22.2 Å². The van der Waals surface area contributed by atoms with Gasteiger partial charge in [-0.15, -0.1) is 0 Å². The summed E-state index contributed by atoms with van der Waals surface area (Å²) in [5.74, 6) is -1.96. The monoisotopic (exact) mass is 653 g/mol. The van der Waals surface area contributed by atoms with Gasteiger partial charge in [-0.1, -0.05) is 31.5 Å². The summed E-state index contributed by atoms with van der Waals surface area (Å²) < 4.78 is 44.8. The van der Waals surface area contributed by atoms with Crippen molar-refractivity contribution in [3.05, 3.63) is 92.7 Å². The number of hydrogen-bond donors (Lipinski definition) is 2. The number of carbonyl (C=O) groups is 2. The maximum Gasteiger partial charge on any atom is 0.416 e. The molecule has 0 unspecified atom stereocenters. The van der Waals surface area contributed by atoms with Crippen LogP contribution < -0.4 is 10.9 Å². The highest BCUT2D eigenvalue weighted by molar-refractivity contribution is 5.82. The average molecular weight is 654 g/mol. The molecule has 4 rings (SSSR count). The number of aliphatic carboxylic acids is 1. The topological polar surface area (TPSA) is 109 Å². The van der Waals surface area contributed by atoms with Crippen molar-refractivity contribution in [1.82, 2.24) is 24.2 Å². The summed E-state index contributed by atoms with van der Waals surface area (Å²) in [4.78, 5) is 45.6. The van der Waals surface area contributed by atoms with Gasteiger partial charge in [0.1, 0.15) is 11.7 Å². The number of amides is 1. The zero-order valence-corrected chi connectivity index (χ0v) is 27.8. The fourth-order valence-corrected chi connectivity index (χ4v) is 6.15. The first-order valence-corrected chi connectivity index (χ1v) is 15.5. The minimum Gasteiger partial charge on any atom is -0.481 e. The highest BCUT2D eigenvalue weighted by Gasteiger charge is 2.36. The van der Waals surface area contributed by atoms with Crippen molar-refractivity contribution >= 4 is 17.5 Å². The lowest BCUT2D eigenvalue weighted by Gasteiger charge is -2.26. The van der Waals surface area contributed by atoms with Gasteiger partial charge in [0.15, 0.2) is 0 Å². The Balaban J connectivity index is 1.82. The minimum atomic E-state index is -4.75. The highest BCUT2D eigenvalue weighted by atomic mass is 19.4. The van der Waals surface area contributed by atoms with Crippen LogP contribution in [0.1, 0.15) is 72.2 Å². The first kappa shape index (κ1) is 35.4. The highest BCUT2D eigenvalue weighted by Crippen LogP contribution is 2.34. The summed E-state index contributed by atoms with van der Waals surface area (Å²) in [6, 6.07) is 5.98. The Hall–Kier alpha value is -4.45. The van der Waals surface area contributed by atoms with E-state index in [0.29, 0.717) is 23.8 Å². The van der Waals surface area contributed by atoms with Crippen molar-refractivity contribution in [2.45, 2.75) is 72.1 Å². The van der Waals surface area contributed by atoms with Gasteiger partial charge in [0.05, 0.1) is 23.7 Å². The molecule has 252 valence electrons. The van der Waals surface area contributed by atoms with Crippen molar-refractivity contribution < 1.29 is 27.9 Å². The number of aryl methyl sites for hydroxylation is 3. The number of likely N-dealkylation sites (N-methyl/N-ethyl adjacent to an activating group) is 1. The number of carboxylic acids is 1. The molecule has 3 aromatic heterocycles. The van der Waals surface area contributed by atoms with Crippen molar-refractivity contribution in [3.63, 3.8) is 0 Å². The standard InChI is InChI=1S/C35H42F3N5O4/c1-20(2)12-29(43-19-24(8-10-41(6)7)26(17-31(43)44)35(36,37)38)34(47)40-27(18-32(45)46)25-15-28(42-11-9-39-30(42)16-25)33-22(4)13-21(3)14-23(33)5/h9,11,13-17,19-20,27,29H,8,10,12,18H2,1-7H3,(H,40,47)(H,45,46)/t27-,29+/m1/s1. The number of aromatic nitrogens is 3. The Kier molecular flexibility index (Phi) is 10.6. The van der Waals surface area contributed by atoms with Crippen molar-refractivity contribution in [2.24, 2.45) is 5.92 Å². The zero-order chi connectivity index (χ0) is 34.8. The fourth-order valence-electron chi connectivity index (χ4n) is 6.15. The Morgan fingerprint density at radius 3 is 2.28 bits per heavy atom. The molecule has 1 amide bonds. The van der Waals surface area contributed by atoms with Gasteiger partial charge in [0.25, 0.3) is 5.56 Å². The van der Waals surface area contributed by atoms with Gasteiger partial charge < -0.3 is 19.9 Å². The molecule has 0 radical (unpaired) electrons. The van der Waals surface area contributed by atoms with Gasteiger partial charge >= 0.3 is 12.1 Å². The maximum atomic E-state index is 14.1. The molecule has 0 spiro atoms. The SMILES string of the molecule is Cc1cc(C)c(-c2cc([C@@H](CC(=O)O)NC(=O)[C@H](CC(C)C)n3cc(CCN(C)C)c(C(F)(F)F)cc3=O)cc3nccn23)c(C)c1.